The molecule has 1 fully saturated rings. The summed E-state index contributed by atoms with van der Waals surface area (Å²) in [7, 11) is 0. The summed E-state index contributed by atoms with van der Waals surface area (Å²) in [5.74, 6) is 5.72. The van der Waals surface area contributed by atoms with Crippen molar-refractivity contribution in [3.05, 3.63) is 35.4 Å². The molecule has 1 aromatic rings. The molecular formula is C16H26N2O. The van der Waals surface area contributed by atoms with Crippen molar-refractivity contribution in [2.75, 3.05) is 6.61 Å². The van der Waals surface area contributed by atoms with Crippen LogP contribution in [0.4, 0.5) is 0 Å². The van der Waals surface area contributed by atoms with Crippen LogP contribution in [0.1, 0.15) is 56.2 Å². The average Bonchev–Trinajstić information content (AvgIpc) is 2.94. The van der Waals surface area contributed by atoms with E-state index in [1.54, 1.807) is 0 Å². The topological polar surface area (TPSA) is 47.3 Å². The Morgan fingerprint density at radius 2 is 2.37 bits per heavy atom. The van der Waals surface area contributed by atoms with Crippen LogP contribution in [-0.2, 0) is 11.2 Å². The molecule has 1 aromatic carbocycles. The van der Waals surface area contributed by atoms with Gasteiger partial charge >= 0.3 is 0 Å². The molecule has 19 heavy (non-hydrogen) atoms. The number of aryl methyl sites for hydroxylation is 1. The minimum Gasteiger partial charge on any atom is -0.378 e. The van der Waals surface area contributed by atoms with E-state index in [1.807, 2.05) is 0 Å². The fourth-order valence-electron chi connectivity index (χ4n) is 2.82. The van der Waals surface area contributed by atoms with Crippen LogP contribution in [0.3, 0.4) is 0 Å². The second-order valence-corrected chi connectivity index (χ2v) is 5.43. The maximum atomic E-state index is 5.72. The third-order valence-electron chi connectivity index (χ3n) is 3.89. The van der Waals surface area contributed by atoms with Gasteiger partial charge < -0.3 is 4.74 Å². The largest absolute Gasteiger partial charge is 0.378 e. The van der Waals surface area contributed by atoms with Gasteiger partial charge in [-0.15, -0.1) is 0 Å². The Morgan fingerprint density at radius 1 is 1.47 bits per heavy atom. The van der Waals surface area contributed by atoms with E-state index in [4.69, 9.17) is 10.6 Å². The zero-order valence-corrected chi connectivity index (χ0v) is 11.9. The number of hydrogen-bond donors (Lipinski definition) is 2. The number of rotatable bonds is 7. The van der Waals surface area contributed by atoms with E-state index < -0.39 is 0 Å². The zero-order chi connectivity index (χ0) is 13.5. The van der Waals surface area contributed by atoms with Gasteiger partial charge in [0, 0.05) is 12.6 Å². The highest BCUT2D eigenvalue weighted by atomic mass is 16.5. The second-order valence-electron chi connectivity index (χ2n) is 5.43. The van der Waals surface area contributed by atoms with Crippen LogP contribution in [0.5, 0.6) is 0 Å². The number of nitrogens with two attached hydrogens (primary N) is 1. The highest BCUT2D eigenvalue weighted by Crippen LogP contribution is 2.24. The third-order valence-corrected chi connectivity index (χ3v) is 3.89. The van der Waals surface area contributed by atoms with E-state index in [9.17, 15) is 0 Å². The lowest BCUT2D eigenvalue weighted by Crippen LogP contribution is -2.29. The minimum atomic E-state index is 0.237. The molecule has 3 heteroatoms. The predicted octanol–water partition coefficient (Wildman–Crippen LogP) is 3.10. The molecule has 1 aliphatic heterocycles. The van der Waals surface area contributed by atoms with Crippen molar-refractivity contribution in [3.63, 3.8) is 0 Å². The van der Waals surface area contributed by atoms with E-state index in [-0.39, 0.29) is 6.04 Å². The van der Waals surface area contributed by atoms with Crippen LogP contribution in [0.25, 0.3) is 0 Å². The van der Waals surface area contributed by atoms with Gasteiger partial charge in [-0.3, -0.25) is 11.3 Å². The molecule has 0 aliphatic carbocycles. The molecule has 2 atom stereocenters. The SMILES string of the molecule is CCCc1cccc(C(CCC2CCCO2)NN)c1. The van der Waals surface area contributed by atoms with Crippen LogP contribution >= 0.6 is 0 Å². The lowest BCUT2D eigenvalue weighted by atomic mass is 9.97. The van der Waals surface area contributed by atoms with Crippen LogP contribution < -0.4 is 11.3 Å². The van der Waals surface area contributed by atoms with E-state index in [1.165, 1.54) is 30.4 Å². The first-order valence-electron chi connectivity index (χ1n) is 7.50. The Balaban J connectivity index is 1.93. The molecule has 0 aromatic heterocycles. The minimum absolute atomic E-state index is 0.237. The quantitative estimate of drug-likeness (QED) is 0.586. The van der Waals surface area contributed by atoms with Crippen molar-refractivity contribution in [3.8, 4) is 0 Å². The summed E-state index contributed by atoms with van der Waals surface area (Å²) in [5, 5.41) is 0. The third kappa shape index (κ3) is 4.30. The molecule has 0 saturated carbocycles. The van der Waals surface area contributed by atoms with Gasteiger partial charge in [0.1, 0.15) is 0 Å². The van der Waals surface area contributed by atoms with Gasteiger partial charge in [0.25, 0.3) is 0 Å². The highest BCUT2D eigenvalue weighted by molar-refractivity contribution is 5.26. The Hall–Kier alpha value is -0.900. The molecule has 1 saturated heterocycles. The van der Waals surface area contributed by atoms with Crippen molar-refractivity contribution in [2.24, 2.45) is 5.84 Å². The molecule has 0 radical (unpaired) electrons. The molecule has 0 amide bonds. The predicted molar refractivity (Wildman–Crippen MR) is 78.7 cm³/mol. The Labute approximate surface area is 116 Å². The van der Waals surface area contributed by atoms with Gasteiger partial charge in [0.2, 0.25) is 0 Å². The van der Waals surface area contributed by atoms with E-state index in [0.29, 0.717) is 6.10 Å². The summed E-state index contributed by atoms with van der Waals surface area (Å²) in [5.41, 5.74) is 5.65. The Morgan fingerprint density at radius 3 is 3.05 bits per heavy atom. The Bertz CT molecular complexity index is 375. The summed E-state index contributed by atoms with van der Waals surface area (Å²) >= 11 is 0. The van der Waals surface area contributed by atoms with Crippen molar-refractivity contribution in [1.82, 2.24) is 5.43 Å². The van der Waals surface area contributed by atoms with Crippen LogP contribution in [-0.4, -0.2) is 12.7 Å². The standard InChI is InChI=1S/C16H26N2O/c1-2-5-13-6-3-7-14(12-13)16(18-17)10-9-15-8-4-11-19-15/h3,6-7,12,15-16,18H,2,4-5,8-11,17H2,1H3. The summed E-state index contributed by atoms with van der Waals surface area (Å²) in [4.78, 5) is 0. The van der Waals surface area contributed by atoms with Gasteiger partial charge in [-0.1, -0.05) is 37.6 Å². The normalized spacial score (nSPS) is 20.6. The first kappa shape index (κ1) is 14.5. The van der Waals surface area contributed by atoms with Gasteiger partial charge in [0.15, 0.2) is 0 Å². The van der Waals surface area contributed by atoms with Gasteiger partial charge in [-0.05, 0) is 43.2 Å². The molecule has 1 aliphatic rings. The smallest absolute Gasteiger partial charge is 0.0576 e. The molecule has 0 spiro atoms. The van der Waals surface area contributed by atoms with Gasteiger partial charge in [-0.2, -0.15) is 0 Å². The number of benzene rings is 1. The lowest BCUT2D eigenvalue weighted by molar-refractivity contribution is 0.0996. The molecule has 2 rings (SSSR count). The first-order chi connectivity index (χ1) is 9.33. The number of hydrogen-bond acceptors (Lipinski definition) is 3. The van der Waals surface area contributed by atoms with Crippen molar-refractivity contribution in [1.29, 1.82) is 0 Å². The highest BCUT2D eigenvalue weighted by Gasteiger charge is 2.18. The van der Waals surface area contributed by atoms with Crippen LogP contribution in [0, 0.1) is 0 Å². The van der Waals surface area contributed by atoms with Crippen molar-refractivity contribution >= 4 is 0 Å². The van der Waals surface area contributed by atoms with Crippen molar-refractivity contribution in [2.45, 2.75) is 57.6 Å². The molecule has 3 nitrogen and oxygen atoms in total. The van der Waals surface area contributed by atoms with E-state index in [2.05, 4.69) is 36.6 Å². The van der Waals surface area contributed by atoms with Crippen LogP contribution in [0.2, 0.25) is 0 Å². The molecule has 3 N–H and O–H groups in total. The summed E-state index contributed by atoms with van der Waals surface area (Å²) in [6, 6.07) is 9.01. The number of ether oxygens (including phenoxy) is 1. The maximum Gasteiger partial charge on any atom is 0.0576 e. The summed E-state index contributed by atoms with van der Waals surface area (Å²) < 4.78 is 5.68. The first-order valence-corrected chi connectivity index (χ1v) is 7.50. The summed E-state index contributed by atoms with van der Waals surface area (Å²) in [6.45, 7) is 3.14. The maximum absolute atomic E-state index is 5.72. The summed E-state index contributed by atoms with van der Waals surface area (Å²) in [6.07, 6.45) is 7.29. The molecule has 0 bridgehead atoms. The lowest BCUT2D eigenvalue weighted by Gasteiger charge is -2.19. The molecular weight excluding hydrogens is 236 g/mol. The number of hydrazine groups is 1. The fourth-order valence-corrected chi connectivity index (χ4v) is 2.82. The zero-order valence-electron chi connectivity index (χ0n) is 11.9. The second kappa shape index (κ2) is 7.63. The van der Waals surface area contributed by atoms with E-state index >= 15 is 0 Å². The van der Waals surface area contributed by atoms with Gasteiger partial charge in [0.05, 0.1) is 6.10 Å². The number of nitrogens with one attached hydrogen (secondary N) is 1. The van der Waals surface area contributed by atoms with Gasteiger partial charge in [-0.25, -0.2) is 0 Å². The van der Waals surface area contributed by atoms with E-state index in [0.717, 1.165) is 25.9 Å². The monoisotopic (exact) mass is 262 g/mol. The fraction of sp³-hybridized carbons (Fsp3) is 0.625. The molecule has 106 valence electrons. The van der Waals surface area contributed by atoms with Crippen LogP contribution in [0.15, 0.2) is 24.3 Å². The Kier molecular flexibility index (Phi) is 5.83. The molecule has 1 heterocycles. The van der Waals surface area contributed by atoms with Crippen molar-refractivity contribution < 1.29 is 4.74 Å². The average molecular weight is 262 g/mol. The molecule has 2 unspecified atom stereocenters.